The zero-order chi connectivity index (χ0) is 36.5. The van der Waals surface area contributed by atoms with Crippen LogP contribution >= 0.6 is 34.8 Å². The average Bonchev–Trinajstić information content (AvgIpc) is 3.78. The largest absolute Gasteiger partial charge is 0.493 e. The van der Waals surface area contributed by atoms with Gasteiger partial charge < -0.3 is 9.47 Å². The molecule has 9 heteroatoms. The van der Waals surface area contributed by atoms with Crippen molar-refractivity contribution in [2.75, 3.05) is 14.2 Å². The molecule has 0 saturated heterocycles. The van der Waals surface area contributed by atoms with Crippen LogP contribution in [0.4, 0.5) is 0 Å². The molecule has 0 aliphatic carbocycles. The van der Waals surface area contributed by atoms with Crippen LogP contribution in [0, 0.1) is 0 Å². The molecule has 0 aliphatic heterocycles. The first kappa shape index (κ1) is 34.3. The molecule has 0 atom stereocenters. The zero-order valence-electron chi connectivity index (χ0n) is 28.7. The molecule has 0 saturated carbocycles. The predicted octanol–water partition coefficient (Wildman–Crippen LogP) is 12.4. The lowest BCUT2D eigenvalue weighted by atomic mass is 10.0. The van der Waals surface area contributed by atoms with E-state index in [-0.39, 0.29) is 0 Å². The molecule has 0 radical (unpaired) electrons. The first-order chi connectivity index (χ1) is 26.0. The molecule has 2 aromatic heterocycles. The van der Waals surface area contributed by atoms with Gasteiger partial charge in [-0.1, -0.05) is 144 Å². The SMILES string of the molecule is COc1cccc(-c2nc(-c3ccccc3Cl)n(-n3c(-c4ccccc4Cl)nc(-c4ccccc4)c3-c3ccccc3)c2-c2ccccc2Cl)c1OC. The number of methoxy groups -OCH3 is 2. The van der Waals surface area contributed by atoms with Crippen LogP contribution in [0.2, 0.25) is 15.1 Å². The van der Waals surface area contributed by atoms with E-state index in [2.05, 4.69) is 33.6 Å². The molecule has 260 valence electrons. The Morgan fingerprint density at radius 3 is 1.40 bits per heavy atom. The second-order valence-corrected chi connectivity index (χ2v) is 13.3. The van der Waals surface area contributed by atoms with Crippen LogP contribution in [0.3, 0.4) is 0 Å². The molecule has 8 rings (SSSR count). The Bertz CT molecular complexity index is 2580. The van der Waals surface area contributed by atoms with E-state index in [4.69, 9.17) is 54.2 Å². The minimum Gasteiger partial charge on any atom is -0.493 e. The standard InChI is InChI=1S/C44H31Cl3N4O2/c1-52-37-27-15-23-33(42(37)53-2)39-41(30-20-9-12-24-34(30)45)51(44(49-39)32-22-11-14-26-36(32)47)50-40(29-18-7-4-8-19-29)38(28-16-5-3-6-17-28)48-43(50)31-21-10-13-25-35(31)46/h3-27H,1-2H3. The van der Waals surface area contributed by atoms with Crippen LogP contribution in [-0.2, 0) is 0 Å². The van der Waals surface area contributed by atoms with Gasteiger partial charge in [0.2, 0.25) is 0 Å². The van der Waals surface area contributed by atoms with Crippen LogP contribution in [0.5, 0.6) is 11.5 Å². The summed E-state index contributed by atoms with van der Waals surface area (Å²) >= 11 is 21.3. The summed E-state index contributed by atoms with van der Waals surface area (Å²) in [5, 5.41) is 1.57. The maximum atomic E-state index is 7.17. The summed E-state index contributed by atoms with van der Waals surface area (Å²) in [5.74, 6) is 2.19. The minimum atomic E-state index is 0.512. The van der Waals surface area contributed by atoms with Gasteiger partial charge >= 0.3 is 0 Å². The molecule has 0 spiro atoms. The number of hydrogen-bond acceptors (Lipinski definition) is 4. The van der Waals surface area contributed by atoms with Crippen molar-refractivity contribution in [3.8, 4) is 79.3 Å². The zero-order valence-corrected chi connectivity index (χ0v) is 30.9. The van der Waals surface area contributed by atoms with Gasteiger partial charge in [0.1, 0.15) is 11.4 Å². The van der Waals surface area contributed by atoms with Crippen molar-refractivity contribution in [2.24, 2.45) is 0 Å². The summed E-state index contributed by atoms with van der Waals surface area (Å²) in [4.78, 5) is 10.9. The fourth-order valence-corrected chi connectivity index (χ4v) is 7.32. The van der Waals surface area contributed by atoms with Gasteiger partial charge in [0.05, 0.1) is 40.7 Å². The molecule has 0 N–H and O–H groups in total. The number of aromatic nitrogens is 4. The highest BCUT2D eigenvalue weighted by molar-refractivity contribution is 6.34. The number of ether oxygens (including phenoxy) is 2. The van der Waals surface area contributed by atoms with E-state index >= 15 is 0 Å². The number of benzene rings is 6. The molecular formula is C44H31Cl3N4O2. The van der Waals surface area contributed by atoms with Crippen LogP contribution in [0.15, 0.2) is 152 Å². The third kappa shape index (κ3) is 6.15. The molecule has 0 unspecified atom stereocenters. The summed E-state index contributed by atoms with van der Waals surface area (Å²) in [6.45, 7) is 0. The summed E-state index contributed by atoms with van der Waals surface area (Å²) in [6, 6.07) is 49.1. The quantitative estimate of drug-likeness (QED) is 0.147. The Kier molecular flexibility index (Phi) is 9.50. The molecular weight excluding hydrogens is 723 g/mol. The minimum absolute atomic E-state index is 0.512. The van der Waals surface area contributed by atoms with Crippen molar-refractivity contribution < 1.29 is 9.47 Å². The van der Waals surface area contributed by atoms with E-state index in [1.54, 1.807) is 14.2 Å². The first-order valence-corrected chi connectivity index (χ1v) is 18.0. The van der Waals surface area contributed by atoms with E-state index in [0.717, 1.165) is 33.6 Å². The number of para-hydroxylation sites is 1. The van der Waals surface area contributed by atoms with Crippen molar-refractivity contribution in [3.63, 3.8) is 0 Å². The second kappa shape index (κ2) is 14.7. The molecule has 0 aliphatic rings. The normalized spacial score (nSPS) is 11.1. The number of imidazole rings is 2. The topological polar surface area (TPSA) is 54.1 Å². The molecule has 53 heavy (non-hydrogen) atoms. The van der Waals surface area contributed by atoms with E-state index in [1.807, 2.05) is 127 Å². The van der Waals surface area contributed by atoms with Crippen molar-refractivity contribution in [1.29, 1.82) is 0 Å². The number of nitrogens with zero attached hydrogens (tertiary/aromatic N) is 4. The van der Waals surface area contributed by atoms with Crippen molar-refractivity contribution >= 4 is 34.8 Å². The smallest absolute Gasteiger partial charge is 0.170 e. The van der Waals surface area contributed by atoms with Crippen LogP contribution in [0.1, 0.15) is 0 Å². The predicted molar refractivity (Wildman–Crippen MR) is 216 cm³/mol. The molecule has 6 aromatic carbocycles. The van der Waals surface area contributed by atoms with Gasteiger partial charge in [0, 0.05) is 33.4 Å². The summed E-state index contributed by atoms with van der Waals surface area (Å²) in [7, 11) is 3.23. The number of halogens is 3. The maximum absolute atomic E-state index is 7.17. The lowest BCUT2D eigenvalue weighted by Gasteiger charge is -2.21. The van der Waals surface area contributed by atoms with Crippen molar-refractivity contribution in [1.82, 2.24) is 19.3 Å². The molecule has 8 aromatic rings. The average molecular weight is 754 g/mol. The van der Waals surface area contributed by atoms with Gasteiger partial charge in [0.15, 0.2) is 23.1 Å². The highest BCUT2D eigenvalue weighted by atomic mass is 35.5. The summed E-state index contributed by atoms with van der Waals surface area (Å²) in [5.41, 5.74) is 7.46. The van der Waals surface area contributed by atoms with E-state index in [0.29, 0.717) is 60.7 Å². The molecule has 2 heterocycles. The third-order valence-corrected chi connectivity index (χ3v) is 10.0. The Hall–Kier alpha value is -5.79. The van der Waals surface area contributed by atoms with Gasteiger partial charge in [-0.2, -0.15) is 0 Å². The monoisotopic (exact) mass is 752 g/mol. The van der Waals surface area contributed by atoms with E-state index < -0.39 is 0 Å². The van der Waals surface area contributed by atoms with Gasteiger partial charge in [-0.15, -0.1) is 0 Å². The number of hydrogen-bond donors (Lipinski definition) is 0. The summed E-state index contributed by atoms with van der Waals surface area (Å²) in [6.07, 6.45) is 0. The Labute approximate surface area is 322 Å². The van der Waals surface area contributed by atoms with Crippen LogP contribution in [-0.4, -0.2) is 33.5 Å². The van der Waals surface area contributed by atoms with Gasteiger partial charge in [-0.3, -0.25) is 0 Å². The fourth-order valence-electron chi connectivity index (χ4n) is 6.66. The van der Waals surface area contributed by atoms with Gasteiger partial charge in [0.25, 0.3) is 0 Å². The van der Waals surface area contributed by atoms with E-state index in [1.165, 1.54) is 0 Å². The van der Waals surface area contributed by atoms with Gasteiger partial charge in [-0.25, -0.2) is 19.3 Å². The molecule has 0 bridgehead atoms. The first-order valence-electron chi connectivity index (χ1n) is 16.8. The highest BCUT2D eigenvalue weighted by Crippen LogP contribution is 2.48. The van der Waals surface area contributed by atoms with Gasteiger partial charge in [-0.05, 0) is 42.5 Å². The van der Waals surface area contributed by atoms with Crippen molar-refractivity contribution in [3.05, 3.63) is 167 Å². The van der Waals surface area contributed by atoms with Crippen molar-refractivity contribution in [2.45, 2.75) is 0 Å². The molecule has 0 amide bonds. The molecule has 0 fully saturated rings. The fraction of sp³-hybridized carbons (Fsp3) is 0.0455. The Morgan fingerprint density at radius 2 is 0.868 bits per heavy atom. The highest BCUT2D eigenvalue weighted by Gasteiger charge is 2.32. The molecule has 6 nitrogen and oxygen atoms in total. The Morgan fingerprint density at radius 1 is 0.415 bits per heavy atom. The van der Waals surface area contributed by atoms with Crippen LogP contribution in [0.25, 0.3) is 67.8 Å². The lowest BCUT2D eigenvalue weighted by molar-refractivity contribution is 0.356. The van der Waals surface area contributed by atoms with Crippen LogP contribution < -0.4 is 9.47 Å². The second-order valence-electron chi connectivity index (χ2n) is 12.1. The number of rotatable bonds is 9. The van der Waals surface area contributed by atoms with E-state index in [9.17, 15) is 0 Å². The lowest BCUT2D eigenvalue weighted by Crippen LogP contribution is -2.16. The Balaban J connectivity index is 1.64. The maximum Gasteiger partial charge on any atom is 0.170 e. The summed E-state index contributed by atoms with van der Waals surface area (Å²) < 4.78 is 15.9. The third-order valence-electron chi connectivity index (χ3n) is 9.02.